The zero-order valence-electron chi connectivity index (χ0n) is 19.8. The summed E-state index contributed by atoms with van der Waals surface area (Å²) in [6.45, 7) is 4.01. The second kappa shape index (κ2) is 8.82. The van der Waals surface area contributed by atoms with E-state index in [-0.39, 0.29) is 17.7 Å². The quantitative estimate of drug-likeness (QED) is 0.409. The Morgan fingerprint density at radius 3 is 2.54 bits per heavy atom. The molecule has 1 aromatic heterocycles. The van der Waals surface area contributed by atoms with Gasteiger partial charge in [-0.25, -0.2) is 4.99 Å². The van der Waals surface area contributed by atoms with Gasteiger partial charge in [0.1, 0.15) is 5.75 Å². The van der Waals surface area contributed by atoms with Crippen molar-refractivity contribution in [2.45, 2.75) is 38.8 Å². The molecule has 0 amide bonds. The maximum Gasteiger partial charge on any atom is 0.271 e. The number of fused-ring (bicyclic) bond motifs is 3. The Hall–Kier alpha value is -3.70. The van der Waals surface area contributed by atoms with Crippen molar-refractivity contribution in [3.05, 3.63) is 126 Å². The molecule has 0 radical (unpaired) electrons. The van der Waals surface area contributed by atoms with Gasteiger partial charge in [0.05, 0.1) is 22.4 Å². The molecule has 0 N–H and O–H groups in total. The number of hydrogen-bond acceptors (Lipinski definition) is 4. The van der Waals surface area contributed by atoms with E-state index in [0.717, 1.165) is 40.2 Å². The summed E-state index contributed by atoms with van der Waals surface area (Å²) in [4.78, 5) is 19.7. The zero-order valence-corrected chi connectivity index (χ0v) is 20.6. The number of aryl methyl sites for hydroxylation is 1. The van der Waals surface area contributed by atoms with Gasteiger partial charge in [0.2, 0.25) is 0 Å². The van der Waals surface area contributed by atoms with Crippen LogP contribution in [0.25, 0.3) is 11.8 Å². The van der Waals surface area contributed by atoms with Crippen LogP contribution in [-0.2, 0) is 6.42 Å². The van der Waals surface area contributed by atoms with E-state index in [9.17, 15) is 4.79 Å². The van der Waals surface area contributed by atoms with E-state index in [2.05, 4.69) is 36.4 Å². The molecule has 0 spiro atoms. The van der Waals surface area contributed by atoms with Gasteiger partial charge < -0.3 is 4.74 Å². The molecule has 2 aliphatic rings. The first kappa shape index (κ1) is 21.8. The molecule has 1 aliphatic heterocycles. The molecular weight excluding hydrogens is 452 g/mol. The molecule has 174 valence electrons. The van der Waals surface area contributed by atoms with Gasteiger partial charge in [-0.05, 0) is 55.5 Å². The van der Waals surface area contributed by atoms with Crippen molar-refractivity contribution in [1.29, 1.82) is 0 Å². The Balaban J connectivity index is 1.59. The van der Waals surface area contributed by atoms with Crippen LogP contribution in [0.15, 0.2) is 94.2 Å². The van der Waals surface area contributed by atoms with Gasteiger partial charge in [0.25, 0.3) is 5.56 Å². The molecular formula is C30H26N2O2S. The van der Waals surface area contributed by atoms with Crippen molar-refractivity contribution < 1.29 is 4.74 Å². The second-order valence-corrected chi connectivity index (χ2v) is 10.2. The van der Waals surface area contributed by atoms with Crippen molar-refractivity contribution in [3.63, 3.8) is 0 Å². The van der Waals surface area contributed by atoms with Gasteiger partial charge >= 0.3 is 0 Å². The van der Waals surface area contributed by atoms with E-state index in [4.69, 9.17) is 9.73 Å². The SMILES string of the molecule is CC(C)Oc1ccccc1C=c1sc2n(c1=O)C(c1ccccc1)C1=C(N=2)c2ccccc2CC1. The molecule has 0 saturated carbocycles. The summed E-state index contributed by atoms with van der Waals surface area (Å²) in [5.74, 6) is 0.779. The molecule has 6 rings (SSSR count). The summed E-state index contributed by atoms with van der Waals surface area (Å²) in [6.07, 6.45) is 3.85. The number of nitrogens with zero attached hydrogens (tertiary/aromatic N) is 2. The molecule has 4 nitrogen and oxygen atoms in total. The van der Waals surface area contributed by atoms with Crippen LogP contribution in [0.5, 0.6) is 5.75 Å². The number of aromatic nitrogens is 1. The first-order valence-corrected chi connectivity index (χ1v) is 12.9. The first-order chi connectivity index (χ1) is 17.1. The van der Waals surface area contributed by atoms with E-state index in [1.165, 1.54) is 28.0 Å². The van der Waals surface area contributed by atoms with Crippen molar-refractivity contribution in [2.75, 3.05) is 0 Å². The van der Waals surface area contributed by atoms with E-state index in [0.29, 0.717) is 4.53 Å². The monoisotopic (exact) mass is 478 g/mol. The number of rotatable bonds is 4. The Labute approximate surface area is 208 Å². The van der Waals surface area contributed by atoms with Crippen molar-refractivity contribution in [2.24, 2.45) is 4.99 Å². The molecule has 0 saturated heterocycles. The van der Waals surface area contributed by atoms with Crippen LogP contribution in [-0.4, -0.2) is 10.7 Å². The summed E-state index contributed by atoms with van der Waals surface area (Å²) in [7, 11) is 0. The van der Waals surface area contributed by atoms with Crippen LogP contribution in [0.4, 0.5) is 0 Å². The highest BCUT2D eigenvalue weighted by molar-refractivity contribution is 7.07. The van der Waals surface area contributed by atoms with E-state index in [1.807, 2.05) is 67.0 Å². The molecule has 0 bridgehead atoms. The average Bonchev–Trinajstić information content (AvgIpc) is 3.18. The maximum atomic E-state index is 13.9. The smallest absolute Gasteiger partial charge is 0.271 e. The predicted octanol–water partition coefficient (Wildman–Crippen LogP) is 5.11. The van der Waals surface area contributed by atoms with Crippen LogP contribution < -0.4 is 19.6 Å². The fourth-order valence-electron chi connectivity index (χ4n) is 5.06. The maximum absolute atomic E-state index is 13.9. The minimum Gasteiger partial charge on any atom is -0.490 e. The lowest BCUT2D eigenvalue weighted by Crippen LogP contribution is -2.38. The highest BCUT2D eigenvalue weighted by Crippen LogP contribution is 2.41. The van der Waals surface area contributed by atoms with Crippen molar-refractivity contribution >= 4 is 23.1 Å². The van der Waals surface area contributed by atoms with Gasteiger partial charge in [-0.2, -0.15) is 0 Å². The summed E-state index contributed by atoms with van der Waals surface area (Å²) in [5.41, 5.74) is 6.76. The molecule has 35 heavy (non-hydrogen) atoms. The fourth-order valence-corrected chi connectivity index (χ4v) is 6.05. The third kappa shape index (κ3) is 3.86. The van der Waals surface area contributed by atoms with Crippen LogP contribution in [0, 0.1) is 0 Å². The van der Waals surface area contributed by atoms with Crippen LogP contribution in [0.3, 0.4) is 0 Å². The van der Waals surface area contributed by atoms with E-state index in [1.54, 1.807) is 0 Å². The Morgan fingerprint density at radius 1 is 0.971 bits per heavy atom. The van der Waals surface area contributed by atoms with Crippen LogP contribution in [0.1, 0.15) is 48.6 Å². The number of allylic oxidation sites excluding steroid dienone is 1. The molecule has 4 aromatic rings. The second-order valence-electron chi connectivity index (χ2n) is 9.23. The number of benzene rings is 3. The minimum absolute atomic E-state index is 0.00707. The molecule has 3 aromatic carbocycles. The molecule has 2 heterocycles. The standard InChI is InChI=1S/C30H26N2O2S/c1-19(2)34-25-15-9-7-13-22(25)18-26-29(33)32-28(21-11-4-3-5-12-21)24-17-16-20-10-6-8-14-23(20)27(24)31-30(32)35-26/h3-15,18-19,28H,16-17H2,1-2H3. The average molecular weight is 479 g/mol. The van der Waals surface area contributed by atoms with E-state index >= 15 is 0 Å². The van der Waals surface area contributed by atoms with Crippen LogP contribution in [0.2, 0.25) is 0 Å². The lowest BCUT2D eigenvalue weighted by atomic mass is 9.83. The van der Waals surface area contributed by atoms with Gasteiger partial charge in [-0.1, -0.05) is 84.1 Å². The zero-order chi connectivity index (χ0) is 23.9. The summed E-state index contributed by atoms with van der Waals surface area (Å²) in [6, 6.07) is 26.6. The Morgan fingerprint density at radius 2 is 1.71 bits per heavy atom. The fraction of sp³-hybridized carbons (Fsp3) is 0.200. The third-order valence-corrected chi connectivity index (χ3v) is 7.54. The molecule has 1 unspecified atom stereocenters. The lowest BCUT2D eigenvalue weighted by molar-refractivity contribution is 0.242. The number of ether oxygens (including phenoxy) is 1. The highest BCUT2D eigenvalue weighted by atomic mass is 32.1. The van der Waals surface area contributed by atoms with E-state index < -0.39 is 0 Å². The van der Waals surface area contributed by atoms with Gasteiger partial charge in [0, 0.05) is 11.1 Å². The molecule has 1 aliphatic carbocycles. The summed E-state index contributed by atoms with van der Waals surface area (Å²) >= 11 is 1.45. The summed E-state index contributed by atoms with van der Waals surface area (Å²) < 4.78 is 8.56. The molecule has 0 fully saturated rings. The molecule has 5 heteroatoms. The molecule has 1 atom stereocenters. The summed E-state index contributed by atoms with van der Waals surface area (Å²) in [5, 5.41) is 0. The minimum atomic E-state index is -0.153. The van der Waals surface area contributed by atoms with Gasteiger partial charge in [-0.15, -0.1) is 0 Å². The van der Waals surface area contributed by atoms with Gasteiger partial charge in [0.15, 0.2) is 4.80 Å². The lowest BCUT2D eigenvalue weighted by Gasteiger charge is -2.30. The largest absolute Gasteiger partial charge is 0.490 e. The normalized spacial score (nSPS) is 17.0. The topological polar surface area (TPSA) is 43.6 Å². The Kier molecular flexibility index (Phi) is 5.50. The predicted molar refractivity (Wildman–Crippen MR) is 141 cm³/mol. The number of thiazole rings is 1. The van der Waals surface area contributed by atoms with Gasteiger partial charge in [-0.3, -0.25) is 9.36 Å². The van der Waals surface area contributed by atoms with Crippen molar-refractivity contribution in [1.82, 2.24) is 4.57 Å². The van der Waals surface area contributed by atoms with Crippen molar-refractivity contribution in [3.8, 4) is 5.75 Å². The first-order valence-electron chi connectivity index (χ1n) is 12.0. The third-order valence-electron chi connectivity index (χ3n) is 6.56. The number of hydrogen-bond donors (Lipinski definition) is 0. The Bertz CT molecular complexity index is 1630. The highest BCUT2D eigenvalue weighted by Gasteiger charge is 2.32. The number of para-hydroxylation sites is 1. The van der Waals surface area contributed by atoms with Crippen LogP contribution >= 0.6 is 11.3 Å².